The molecule has 3 saturated heterocycles. The zero-order valence-corrected chi connectivity index (χ0v) is 18.6. The Balaban J connectivity index is 1.31. The summed E-state index contributed by atoms with van der Waals surface area (Å²) in [6, 6.07) is 3.88. The average molecular weight is 430 g/mol. The Hall–Kier alpha value is -2.19. The van der Waals surface area contributed by atoms with Crippen LogP contribution in [0.2, 0.25) is 0 Å². The van der Waals surface area contributed by atoms with Gasteiger partial charge in [-0.1, -0.05) is 0 Å². The van der Waals surface area contributed by atoms with Gasteiger partial charge in [-0.2, -0.15) is 0 Å². The lowest BCUT2D eigenvalue weighted by Gasteiger charge is -2.51. The number of rotatable bonds is 5. The van der Waals surface area contributed by atoms with E-state index >= 15 is 0 Å². The van der Waals surface area contributed by atoms with Crippen LogP contribution in [0.5, 0.6) is 0 Å². The number of morpholine rings is 1. The molecule has 2 N–H and O–H groups in total. The van der Waals surface area contributed by atoms with Crippen LogP contribution in [0, 0.1) is 5.41 Å². The standard InChI is InChI=1S/C23H35N5O3/c1-26-10-2-6-23(21(26)22(24)30)7-11-28(12-8-23)20(29)4-3-18-5-9-25-19(17-18)27-13-15-31-16-14-27/h5,9,17,21H,2-4,6-8,10-16H2,1H3,(H2,24,30). The highest BCUT2D eigenvalue weighted by molar-refractivity contribution is 5.81. The Morgan fingerprint density at radius 1 is 1.16 bits per heavy atom. The van der Waals surface area contributed by atoms with Gasteiger partial charge < -0.3 is 20.3 Å². The van der Waals surface area contributed by atoms with Crippen molar-refractivity contribution in [1.29, 1.82) is 0 Å². The van der Waals surface area contributed by atoms with Crippen molar-refractivity contribution in [3.05, 3.63) is 23.9 Å². The Morgan fingerprint density at radius 2 is 1.90 bits per heavy atom. The van der Waals surface area contributed by atoms with E-state index in [1.807, 2.05) is 24.2 Å². The highest BCUT2D eigenvalue weighted by Crippen LogP contribution is 2.44. The molecule has 31 heavy (non-hydrogen) atoms. The zero-order valence-electron chi connectivity index (χ0n) is 18.6. The predicted octanol–water partition coefficient (Wildman–Crippen LogP) is 1.04. The van der Waals surface area contributed by atoms with E-state index in [4.69, 9.17) is 10.5 Å². The Bertz CT molecular complexity index is 787. The van der Waals surface area contributed by atoms with Gasteiger partial charge in [-0.25, -0.2) is 4.98 Å². The van der Waals surface area contributed by atoms with Gasteiger partial charge in [0.25, 0.3) is 0 Å². The maximum Gasteiger partial charge on any atom is 0.235 e. The normalized spacial score (nSPS) is 24.4. The summed E-state index contributed by atoms with van der Waals surface area (Å²) >= 11 is 0. The molecule has 1 atom stereocenters. The van der Waals surface area contributed by atoms with E-state index in [-0.39, 0.29) is 23.3 Å². The number of piperidine rings is 2. The quantitative estimate of drug-likeness (QED) is 0.752. The molecule has 1 aromatic heterocycles. The Morgan fingerprint density at radius 3 is 2.61 bits per heavy atom. The van der Waals surface area contributed by atoms with E-state index in [0.717, 1.165) is 69.9 Å². The van der Waals surface area contributed by atoms with Gasteiger partial charge in [-0.3, -0.25) is 14.5 Å². The number of anilines is 1. The lowest BCUT2D eigenvalue weighted by molar-refractivity contribution is -0.139. The van der Waals surface area contributed by atoms with E-state index in [2.05, 4.69) is 20.9 Å². The van der Waals surface area contributed by atoms with E-state index in [1.54, 1.807) is 0 Å². The number of carbonyl (C=O) groups excluding carboxylic acids is 2. The third-order valence-corrected chi connectivity index (χ3v) is 7.36. The maximum atomic E-state index is 12.9. The molecule has 2 amide bonds. The molecule has 170 valence electrons. The lowest BCUT2D eigenvalue weighted by atomic mass is 9.66. The van der Waals surface area contributed by atoms with Crippen molar-refractivity contribution in [3.8, 4) is 0 Å². The predicted molar refractivity (Wildman–Crippen MR) is 119 cm³/mol. The third-order valence-electron chi connectivity index (χ3n) is 7.36. The number of ether oxygens (including phenoxy) is 1. The van der Waals surface area contributed by atoms with Crippen molar-refractivity contribution in [1.82, 2.24) is 14.8 Å². The van der Waals surface area contributed by atoms with Gasteiger partial charge in [0.05, 0.1) is 19.3 Å². The zero-order chi connectivity index (χ0) is 21.8. The van der Waals surface area contributed by atoms with Crippen LogP contribution < -0.4 is 10.6 Å². The molecule has 3 aliphatic rings. The highest BCUT2D eigenvalue weighted by Gasteiger charge is 2.48. The minimum absolute atomic E-state index is 0.0756. The van der Waals surface area contributed by atoms with Crippen molar-refractivity contribution in [2.24, 2.45) is 11.1 Å². The molecule has 3 aliphatic heterocycles. The van der Waals surface area contributed by atoms with E-state index in [9.17, 15) is 9.59 Å². The number of pyridine rings is 1. The van der Waals surface area contributed by atoms with Crippen LogP contribution in [0.3, 0.4) is 0 Å². The molecule has 1 unspecified atom stereocenters. The van der Waals surface area contributed by atoms with Gasteiger partial charge in [0.15, 0.2) is 0 Å². The summed E-state index contributed by atoms with van der Waals surface area (Å²) in [5.74, 6) is 0.933. The number of amides is 2. The van der Waals surface area contributed by atoms with Crippen molar-refractivity contribution in [2.75, 3.05) is 57.9 Å². The van der Waals surface area contributed by atoms with Gasteiger partial charge in [0.2, 0.25) is 11.8 Å². The van der Waals surface area contributed by atoms with Gasteiger partial charge in [0, 0.05) is 38.8 Å². The summed E-state index contributed by atoms with van der Waals surface area (Å²) < 4.78 is 5.42. The monoisotopic (exact) mass is 429 g/mol. The minimum Gasteiger partial charge on any atom is -0.378 e. The summed E-state index contributed by atoms with van der Waals surface area (Å²) in [5.41, 5.74) is 6.82. The maximum absolute atomic E-state index is 12.9. The fourth-order valence-corrected chi connectivity index (χ4v) is 5.65. The molecule has 0 bridgehead atoms. The molecule has 4 rings (SSSR count). The molecule has 0 aromatic carbocycles. The topological polar surface area (TPSA) is 92.0 Å². The van der Waals surface area contributed by atoms with E-state index in [0.29, 0.717) is 25.9 Å². The van der Waals surface area contributed by atoms with Crippen LogP contribution in [-0.2, 0) is 20.7 Å². The van der Waals surface area contributed by atoms with E-state index in [1.165, 1.54) is 0 Å². The second kappa shape index (κ2) is 9.53. The number of aromatic nitrogens is 1. The van der Waals surface area contributed by atoms with Crippen molar-refractivity contribution in [3.63, 3.8) is 0 Å². The van der Waals surface area contributed by atoms with Gasteiger partial charge in [-0.05, 0) is 68.8 Å². The van der Waals surface area contributed by atoms with Crippen LogP contribution in [0.25, 0.3) is 0 Å². The fourth-order valence-electron chi connectivity index (χ4n) is 5.65. The second-order valence-corrected chi connectivity index (χ2v) is 9.25. The molecule has 1 spiro atoms. The SMILES string of the molecule is CN1CCCC2(CCN(C(=O)CCc3ccnc(N4CCOCC4)c3)CC2)C1C(N)=O. The fraction of sp³-hybridized carbons (Fsp3) is 0.696. The van der Waals surface area contributed by atoms with Gasteiger partial charge >= 0.3 is 0 Å². The summed E-state index contributed by atoms with van der Waals surface area (Å²) in [6.45, 7) is 5.51. The summed E-state index contributed by atoms with van der Waals surface area (Å²) in [4.78, 5) is 35.8. The molecule has 1 aromatic rings. The van der Waals surface area contributed by atoms with Crippen molar-refractivity contribution in [2.45, 2.75) is 44.6 Å². The number of hydrogen-bond acceptors (Lipinski definition) is 6. The molecule has 8 nitrogen and oxygen atoms in total. The number of nitrogens with zero attached hydrogens (tertiary/aromatic N) is 4. The smallest absolute Gasteiger partial charge is 0.235 e. The molecular formula is C23H35N5O3. The second-order valence-electron chi connectivity index (χ2n) is 9.25. The first-order valence-electron chi connectivity index (χ1n) is 11.5. The first-order valence-corrected chi connectivity index (χ1v) is 11.5. The van der Waals surface area contributed by atoms with Gasteiger partial charge in [0.1, 0.15) is 5.82 Å². The molecule has 0 saturated carbocycles. The summed E-state index contributed by atoms with van der Waals surface area (Å²) in [6.07, 6.45) is 6.86. The van der Waals surface area contributed by atoms with Crippen molar-refractivity contribution < 1.29 is 14.3 Å². The molecule has 8 heteroatoms. The van der Waals surface area contributed by atoms with Crippen LogP contribution >= 0.6 is 0 Å². The molecule has 3 fully saturated rings. The van der Waals surface area contributed by atoms with Crippen LogP contribution in [0.1, 0.15) is 37.7 Å². The molecule has 4 heterocycles. The summed E-state index contributed by atoms with van der Waals surface area (Å²) in [5, 5.41) is 0. The number of primary amides is 1. The molecule has 0 aliphatic carbocycles. The number of carbonyl (C=O) groups is 2. The van der Waals surface area contributed by atoms with Crippen LogP contribution in [0.4, 0.5) is 5.82 Å². The number of aryl methyl sites for hydroxylation is 1. The minimum atomic E-state index is -0.226. The number of likely N-dealkylation sites (N-methyl/N-ethyl adjacent to an activating group) is 1. The van der Waals surface area contributed by atoms with Crippen LogP contribution in [-0.4, -0.2) is 85.6 Å². The van der Waals surface area contributed by atoms with Crippen LogP contribution in [0.15, 0.2) is 18.3 Å². The number of likely N-dealkylation sites (tertiary alicyclic amines) is 2. The highest BCUT2D eigenvalue weighted by atomic mass is 16.5. The average Bonchev–Trinajstić information content (AvgIpc) is 2.78. The van der Waals surface area contributed by atoms with E-state index < -0.39 is 0 Å². The molecule has 0 radical (unpaired) electrons. The molecular weight excluding hydrogens is 394 g/mol. The first-order chi connectivity index (χ1) is 15.0. The number of nitrogens with two attached hydrogens (primary N) is 1. The lowest BCUT2D eigenvalue weighted by Crippen LogP contribution is -2.60. The van der Waals surface area contributed by atoms with Gasteiger partial charge in [-0.15, -0.1) is 0 Å². The number of hydrogen-bond donors (Lipinski definition) is 1. The summed E-state index contributed by atoms with van der Waals surface area (Å²) in [7, 11) is 1.99. The first kappa shape index (κ1) is 22.0. The Labute approximate surface area is 184 Å². The Kier molecular flexibility index (Phi) is 6.77. The largest absolute Gasteiger partial charge is 0.378 e. The third kappa shape index (κ3) is 4.85. The van der Waals surface area contributed by atoms with Crippen molar-refractivity contribution >= 4 is 17.6 Å².